The van der Waals surface area contributed by atoms with Gasteiger partial charge in [-0.15, -0.1) is 0 Å². The number of hydrogen-bond donors (Lipinski definition) is 2. The van der Waals surface area contributed by atoms with Crippen LogP contribution in [0.15, 0.2) is 18.2 Å². The zero-order valence-electron chi connectivity index (χ0n) is 10.7. The normalized spacial score (nSPS) is 16.5. The lowest BCUT2D eigenvalue weighted by atomic mass is 9.68. The number of benzene rings is 1. The molecule has 1 saturated carbocycles. The van der Waals surface area contributed by atoms with E-state index in [-0.39, 0.29) is 12.4 Å². The van der Waals surface area contributed by atoms with Crippen molar-refractivity contribution >= 4 is 11.9 Å². The molecule has 2 rings (SSSR count). The van der Waals surface area contributed by atoms with Crippen molar-refractivity contribution in [3.05, 3.63) is 35.1 Å². The van der Waals surface area contributed by atoms with Crippen molar-refractivity contribution in [2.45, 2.75) is 32.7 Å². The molecule has 2 N–H and O–H groups in total. The highest BCUT2D eigenvalue weighted by Crippen LogP contribution is 2.41. The summed E-state index contributed by atoms with van der Waals surface area (Å²) in [6.07, 6.45) is 1.53. The molecule has 4 nitrogen and oxygen atoms in total. The highest BCUT2D eigenvalue weighted by atomic mass is 19.1. The van der Waals surface area contributed by atoms with Crippen molar-refractivity contribution in [1.82, 2.24) is 5.32 Å². The van der Waals surface area contributed by atoms with E-state index in [0.29, 0.717) is 18.4 Å². The Kier molecular flexibility index (Phi) is 3.55. The van der Waals surface area contributed by atoms with Gasteiger partial charge in [-0.1, -0.05) is 18.6 Å². The average Bonchev–Trinajstić information content (AvgIpc) is 2.28. The summed E-state index contributed by atoms with van der Waals surface area (Å²) in [5.74, 6) is -1.81. The van der Waals surface area contributed by atoms with Crippen molar-refractivity contribution in [3.8, 4) is 0 Å². The Balaban J connectivity index is 2.00. The van der Waals surface area contributed by atoms with Gasteiger partial charge in [0.15, 0.2) is 0 Å². The van der Waals surface area contributed by atoms with Crippen LogP contribution in [-0.2, 0) is 16.1 Å². The SMILES string of the molecule is Cc1cc(CNC(=O)C2(C(=O)O)CCC2)ccc1F. The van der Waals surface area contributed by atoms with E-state index >= 15 is 0 Å². The summed E-state index contributed by atoms with van der Waals surface area (Å²) in [7, 11) is 0. The van der Waals surface area contributed by atoms with Crippen molar-refractivity contribution in [2.24, 2.45) is 5.41 Å². The largest absolute Gasteiger partial charge is 0.480 e. The maximum absolute atomic E-state index is 13.1. The first kappa shape index (κ1) is 13.5. The summed E-state index contributed by atoms with van der Waals surface area (Å²) in [4.78, 5) is 23.1. The van der Waals surface area contributed by atoms with Crippen LogP contribution in [0.25, 0.3) is 0 Å². The fourth-order valence-electron chi connectivity index (χ4n) is 2.24. The number of nitrogens with one attached hydrogen (secondary N) is 1. The minimum atomic E-state index is -1.25. The van der Waals surface area contributed by atoms with Gasteiger partial charge in [0.1, 0.15) is 11.2 Å². The molecule has 1 aromatic rings. The van der Waals surface area contributed by atoms with Crippen LogP contribution in [0, 0.1) is 18.2 Å². The molecule has 1 aliphatic carbocycles. The van der Waals surface area contributed by atoms with E-state index in [9.17, 15) is 14.0 Å². The topological polar surface area (TPSA) is 66.4 Å². The van der Waals surface area contributed by atoms with E-state index in [1.54, 1.807) is 19.1 Å². The summed E-state index contributed by atoms with van der Waals surface area (Å²) in [6, 6.07) is 4.56. The van der Waals surface area contributed by atoms with E-state index in [1.165, 1.54) is 6.07 Å². The Bertz CT molecular complexity index is 523. The molecule has 0 bridgehead atoms. The molecule has 0 spiro atoms. The summed E-state index contributed by atoms with van der Waals surface area (Å²) < 4.78 is 13.1. The van der Waals surface area contributed by atoms with Gasteiger partial charge in [0.25, 0.3) is 0 Å². The third-order valence-corrected chi connectivity index (χ3v) is 3.73. The molecule has 102 valence electrons. The van der Waals surface area contributed by atoms with Crippen molar-refractivity contribution in [2.75, 3.05) is 0 Å². The standard InChI is InChI=1S/C14H16FNO3/c1-9-7-10(3-4-11(9)15)8-16-12(17)14(13(18)19)5-2-6-14/h3-4,7H,2,5-6,8H2,1H3,(H,16,17)(H,18,19). The zero-order valence-corrected chi connectivity index (χ0v) is 10.7. The van der Waals surface area contributed by atoms with E-state index in [4.69, 9.17) is 5.11 Å². The molecular formula is C14H16FNO3. The Labute approximate surface area is 110 Å². The van der Waals surface area contributed by atoms with E-state index in [2.05, 4.69) is 5.32 Å². The molecule has 1 fully saturated rings. The number of halogens is 1. The number of aryl methyl sites for hydroxylation is 1. The summed E-state index contributed by atoms with van der Waals surface area (Å²) >= 11 is 0. The fourth-order valence-corrected chi connectivity index (χ4v) is 2.24. The highest BCUT2D eigenvalue weighted by molar-refractivity contribution is 6.02. The van der Waals surface area contributed by atoms with Crippen LogP contribution in [-0.4, -0.2) is 17.0 Å². The maximum Gasteiger partial charge on any atom is 0.319 e. The Morgan fingerprint density at radius 1 is 1.42 bits per heavy atom. The lowest BCUT2D eigenvalue weighted by Gasteiger charge is -2.35. The van der Waals surface area contributed by atoms with Gasteiger partial charge in [-0.2, -0.15) is 0 Å². The van der Waals surface area contributed by atoms with E-state index in [0.717, 1.165) is 12.0 Å². The van der Waals surface area contributed by atoms with Gasteiger partial charge in [0, 0.05) is 6.54 Å². The van der Waals surface area contributed by atoms with Crippen LogP contribution >= 0.6 is 0 Å². The second-order valence-corrected chi connectivity index (χ2v) is 5.01. The number of amides is 1. The van der Waals surface area contributed by atoms with Gasteiger partial charge in [0.2, 0.25) is 5.91 Å². The van der Waals surface area contributed by atoms with Gasteiger partial charge < -0.3 is 10.4 Å². The predicted molar refractivity (Wildman–Crippen MR) is 66.9 cm³/mol. The fraction of sp³-hybridized carbons (Fsp3) is 0.429. The molecule has 1 aliphatic rings. The predicted octanol–water partition coefficient (Wildman–Crippen LogP) is 2.01. The van der Waals surface area contributed by atoms with Crippen molar-refractivity contribution in [1.29, 1.82) is 0 Å². The van der Waals surface area contributed by atoms with Crippen molar-refractivity contribution < 1.29 is 19.1 Å². The zero-order chi connectivity index (χ0) is 14.0. The number of rotatable bonds is 4. The molecule has 0 aromatic heterocycles. The molecule has 0 unspecified atom stereocenters. The monoisotopic (exact) mass is 265 g/mol. The molecule has 1 amide bonds. The summed E-state index contributed by atoms with van der Waals surface area (Å²) in [6.45, 7) is 1.86. The Hall–Kier alpha value is -1.91. The molecule has 0 atom stereocenters. The minimum Gasteiger partial charge on any atom is -0.480 e. The van der Waals surface area contributed by atoms with Crippen LogP contribution in [0.3, 0.4) is 0 Å². The third-order valence-electron chi connectivity index (χ3n) is 3.73. The van der Waals surface area contributed by atoms with Crippen LogP contribution < -0.4 is 5.32 Å². The minimum absolute atomic E-state index is 0.217. The quantitative estimate of drug-likeness (QED) is 0.818. The van der Waals surface area contributed by atoms with Gasteiger partial charge in [0.05, 0.1) is 0 Å². The van der Waals surface area contributed by atoms with Crippen LogP contribution in [0.5, 0.6) is 0 Å². The van der Waals surface area contributed by atoms with Crippen molar-refractivity contribution in [3.63, 3.8) is 0 Å². The molecule has 0 heterocycles. The lowest BCUT2D eigenvalue weighted by Crippen LogP contribution is -2.50. The maximum atomic E-state index is 13.1. The number of aliphatic carboxylic acids is 1. The smallest absolute Gasteiger partial charge is 0.319 e. The molecule has 0 saturated heterocycles. The summed E-state index contributed by atoms with van der Waals surface area (Å²) in [5.41, 5.74) is 0.00479. The first-order chi connectivity index (χ1) is 8.95. The number of carbonyl (C=O) groups excluding carboxylic acids is 1. The molecule has 19 heavy (non-hydrogen) atoms. The molecule has 5 heteroatoms. The molecular weight excluding hydrogens is 249 g/mol. The average molecular weight is 265 g/mol. The Morgan fingerprint density at radius 2 is 2.11 bits per heavy atom. The Morgan fingerprint density at radius 3 is 2.58 bits per heavy atom. The molecule has 0 aliphatic heterocycles. The van der Waals surface area contributed by atoms with Crippen LogP contribution in [0.4, 0.5) is 4.39 Å². The van der Waals surface area contributed by atoms with Gasteiger partial charge >= 0.3 is 5.97 Å². The summed E-state index contributed by atoms with van der Waals surface area (Å²) in [5, 5.41) is 11.7. The number of carbonyl (C=O) groups is 2. The van der Waals surface area contributed by atoms with Gasteiger partial charge in [-0.05, 0) is 37.0 Å². The third kappa shape index (κ3) is 2.45. The van der Waals surface area contributed by atoms with Gasteiger partial charge in [-0.25, -0.2) is 4.39 Å². The molecule has 0 radical (unpaired) electrons. The first-order valence-electron chi connectivity index (χ1n) is 6.22. The van der Waals surface area contributed by atoms with Crippen LogP contribution in [0.1, 0.15) is 30.4 Å². The lowest BCUT2D eigenvalue weighted by molar-refractivity contribution is -0.162. The van der Waals surface area contributed by atoms with E-state index < -0.39 is 17.3 Å². The molecule has 1 aromatic carbocycles. The number of carboxylic acids is 1. The van der Waals surface area contributed by atoms with E-state index in [1.807, 2.05) is 0 Å². The number of carboxylic acid groups (broad SMARTS) is 1. The van der Waals surface area contributed by atoms with Gasteiger partial charge in [-0.3, -0.25) is 9.59 Å². The second-order valence-electron chi connectivity index (χ2n) is 5.01. The van der Waals surface area contributed by atoms with Crippen LogP contribution in [0.2, 0.25) is 0 Å². The highest BCUT2D eigenvalue weighted by Gasteiger charge is 2.50. The second kappa shape index (κ2) is 4.99. The number of hydrogen-bond acceptors (Lipinski definition) is 2. The first-order valence-corrected chi connectivity index (χ1v) is 6.22.